The van der Waals surface area contributed by atoms with Crippen LogP contribution in [0.15, 0.2) is 23.1 Å². The van der Waals surface area contributed by atoms with Crippen LogP contribution in [0.25, 0.3) is 0 Å². The van der Waals surface area contributed by atoms with Crippen molar-refractivity contribution < 1.29 is 26.0 Å². The molecule has 1 aromatic rings. The third-order valence-electron chi connectivity index (χ3n) is 2.46. The SMILES string of the molecule is CC(NCC(F)(F)F)c1ccc(S(C)(=O)=O)c(F)c1. The molecule has 0 aliphatic heterocycles. The van der Waals surface area contributed by atoms with Crippen molar-refractivity contribution in [3.8, 4) is 0 Å². The maximum absolute atomic E-state index is 13.6. The van der Waals surface area contributed by atoms with Gasteiger partial charge in [0.15, 0.2) is 9.84 Å². The molecular formula is C11H13F4NO2S. The molecule has 8 heteroatoms. The molecule has 0 aliphatic rings. The number of hydrogen-bond acceptors (Lipinski definition) is 3. The quantitative estimate of drug-likeness (QED) is 0.869. The summed E-state index contributed by atoms with van der Waals surface area (Å²) in [5.41, 5.74) is 0.245. The lowest BCUT2D eigenvalue weighted by atomic mass is 10.1. The van der Waals surface area contributed by atoms with Crippen LogP contribution in [0, 0.1) is 5.82 Å². The molecule has 0 aliphatic carbocycles. The molecule has 3 nitrogen and oxygen atoms in total. The summed E-state index contributed by atoms with van der Waals surface area (Å²) in [5, 5.41) is 2.18. The predicted octanol–water partition coefficient (Wildman–Crippen LogP) is 2.44. The Balaban J connectivity index is 2.90. The summed E-state index contributed by atoms with van der Waals surface area (Å²) in [7, 11) is -3.69. The lowest BCUT2D eigenvalue weighted by Crippen LogP contribution is -2.30. The number of nitrogens with one attached hydrogen (secondary N) is 1. The Morgan fingerprint density at radius 1 is 1.32 bits per heavy atom. The van der Waals surface area contributed by atoms with Gasteiger partial charge in [-0.15, -0.1) is 0 Å². The molecule has 1 N–H and O–H groups in total. The molecule has 0 radical (unpaired) electrons. The number of sulfone groups is 1. The highest BCUT2D eigenvalue weighted by atomic mass is 32.2. The zero-order valence-corrected chi connectivity index (χ0v) is 11.1. The molecule has 0 aromatic heterocycles. The van der Waals surface area contributed by atoms with Crippen LogP contribution in [0.4, 0.5) is 17.6 Å². The second kappa shape index (κ2) is 5.46. The van der Waals surface area contributed by atoms with Crippen molar-refractivity contribution in [2.24, 2.45) is 0 Å². The second-order valence-corrected chi connectivity index (χ2v) is 6.16. The summed E-state index contributed by atoms with van der Waals surface area (Å²) in [6, 6.07) is 2.51. The maximum atomic E-state index is 13.6. The van der Waals surface area contributed by atoms with Crippen LogP contribution in [-0.4, -0.2) is 27.4 Å². The van der Waals surface area contributed by atoms with E-state index in [0.29, 0.717) is 0 Å². The van der Waals surface area contributed by atoms with Crippen molar-refractivity contribution in [3.05, 3.63) is 29.6 Å². The van der Waals surface area contributed by atoms with Gasteiger partial charge in [-0.05, 0) is 24.6 Å². The number of rotatable bonds is 4. The van der Waals surface area contributed by atoms with E-state index in [0.717, 1.165) is 18.4 Å². The molecule has 1 atom stereocenters. The molecular weight excluding hydrogens is 286 g/mol. The van der Waals surface area contributed by atoms with Gasteiger partial charge in [0.2, 0.25) is 0 Å². The zero-order valence-electron chi connectivity index (χ0n) is 10.3. The van der Waals surface area contributed by atoms with E-state index in [1.54, 1.807) is 0 Å². The Morgan fingerprint density at radius 2 is 1.89 bits per heavy atom. The number of halogens is 4. The van der Waals surface area contributed by atoms with Gasteiger partial charge in [-0.1, -0.05) is 6.07 Å². The van der Waals surface area contributed by atoms with Crippen molar-refractivity contribution in [3.63, 3.8) is 0 Å². The molecule has 0 bridgehead atoms. The maximum Gasteiger partial charge on any atom is 0.401 e. The highest BCUT2D eigenvalue weighted by Crippen LogP contribution is 2.21. The summed E-state index contributed by atoms with van der Waals surface area (Å²) in [4.78, 5) is -0.473. The average molecular weight is 299 g/mol. The van der Waals surface area contributed by atoms with Gasteiger partial charge in [0.05, 0.1) is 6.54 Å². The third kappa shape index (κ3) is 4.79. The fraction of sp³-hybridized carbons (Fsp3) is 0.455. The molecule has 0 fully saturated rings. The summed E-state index contributed by atoms with van der Waals surface area (Å²) in [6.45, 7) is 0.226. The molecule has 0 heterocycles. The normalized spacial score (nSPS) is 14.4. The first-order valence-electron chi connectivity index (χ1n) is 5.30. The van der Waals surface area contributed by atoms with Crippen molar-refractivity contribution in [2.45, 2.75) is 24.0 Å². The van der Waals surface area contributed by atoms with Gasteiger partial charge in [-0.3, -0.25) is 0 Å². The summed E-state index contributed by atoms with van der Waals surface area (Å²) < 4.78 is 72.0. The first kappa shape index (κ1) is 15.9. The van der Waals surface area contributed by atoms with E-state index < -0.39 is 39.3 Å². The van der Waals surface area contributed by atoms with Gasteiger partial charge in [0.1, 0.15) is 10.7 Å². The molecule has 0 saturated heterocycles. The standard InChI is InChI=1S/C11H13F4NO2S/c1-7(16-6-11(13,14)15)8-3-4-10(9(12)5-8)19(2,17)18/h3-5,7,16H,6H2,1-2H3. The molecule has 1 aromatic carbocycles. The Bertz CT molecular complexity index is 554. The lowest BCUT2D eigenvalue weighted by molar-refractivity contribution is -0.126. The van der Waals surface area contributed by atoms with Gasteiger partial charge < -0.3 is 5.32 Å². The van der Waals surface area contributed by atoms with Crippen LogP contribution in [0.2, 0.25) is 0 Å². The Kier molecular flexibility index (Phi) is 4.57. The molecule has 0 amide bonds. The molecule has 19 heavy (non-hydrogen) atoms. The fourth-order valence-electron chi connectivity index (χ4n) is 1.47. The number of benzene rings is 1. The van der Waals surface area contributed by atoms with E-state index in [4.69, 9.17) is 0 Å². The van der Waals surface area contributed by atoms with Gasteiger partial charge in [-0.25, -0.2) is 12.8 Å². The smallest absolute Gasteiger partial charge is 0.302 e. The number of hydrogen-bond donors (Lipinski definition) is 1. The molecule has 108 valence electrons. The largest absolute Gasteiger partial charge is 0.401 e. The highest BCUT2D eigenvalue weighted by molar-refractivity contribution is 7.90. The summed E-state index contributed by atoms with van der Waals surface area (Å²) in [6.07, 6.45) is -3.50. The van der Waals surface area contributed by atoms with Gasteiger partial charge >= 0.3 is 6.18 Å². The average Bonchev–Trinajstić information content (AvgIpc) is 2.22. The van der Waals surface area contributed by atoms with E-state index >= 15 is 0 Å². The zero-order chi connectivity index (χ0) is 14.8. The lowest BCUT2D eigenvalue weighted by Gasteiger charge is -2.16. The van der Waals surface area contributed by atoms with Crippen LogP contribution >= 0.6 is 0 Å². The minimum Gasteiger partial charge on any atom is -0.302 e. The van der Waals surface area contributed by atoms with Gasteiger partial charge in [0.25, 0.3) is 0 Å². The minimum atomic E-state index is -4.36. The number of alkyl halides is 3. The van der Waals surface area contributed by atoms with Crippen molar-refractivity contribution >= 4 is 9.84 Å². The Labute approximate surface area is 108 Å². The molecule has 0 spiro atoms. The van der Waals surface area contributed by atoms with Crippen molar-refractivity contribution in [1.82, 2.24) is 5.32 Å². The van der Waals surface area contributed by atoms with Gasteiger partial charge in [-0.2, -0.15) is 13.2 Å². The Morgan fingerprint density at radius 3 is 2.32 bits per heavy atom. The molecule has 0 saturated carbocycles. The van der Waals surface area contributed by atoms with Crippen LogP contribution in [0.1, 0.15) is 18.5 Å². The van der Waals surface area contributed by atoms with Crippen LogP contribution < -0.4 is 5.32 Å². The summed E-state index contributed by atoms with van der Waals surface area (Å²) in [5.74, 6) is -0.972. The van der Waals surface area contributed by atoms with E-state index in [2.05, 4.69) is 5.32 Å². The molecule has 1 rings (SSSR count). The van der Waals surface area contributed by atoms with Crippen LogP contribution in [0.5, 0.6) is 0 Å². The molecule has 1 unspecified atom stereocenters. The minimum absolute atomic E-state index is 0.245. The van der Waals surface area contributed by atoms with E-state index in [1.807, 2.05) is 0 Å². The highest BCUT2D eigenvalue weighted by Gasteiger charge is 2.27. The predicted molar refractivity (Wildman–Crippen MR) is 62.0 cm³/mol. The first-order chi connectivity index (χ1) is 8.50. The van der Waals surface area contributed by atoms with E-state index in [1.165, 1.54) is 13.0 Å². The Hall–Kier alpha value is -1.15. The van der Waals surface area contributed by atoms with E-state index in [-0.39, 0.29) is 5.56 Å². The van der Waals surface area contributed by atoms with Gasteiger partial charge in [0, 0.05) is 12.3 Å². The van der Waals surface area contributed by atoms with Crippen LogP contribution in [-0.2, 0) is 9.84 Å². The topological polar surface area (TPSA) is 46.2 Å². The van der Waals surface area contributed by atoms with Crippen molar-refractivity contribution in [1.29, 1.82) is 0 Å². The first-order valence-corrected chi connectivity index (χ1v) is 7.19. The van der Waals surface area contributed by atoms with Crippen molar-refractivity contribution in [2.75, 3.05) is 12.8 Å². The monoisotopic (exact) mass is 299 g/mol. The fourth-order valence-corrected chi connectivity index (χ4v) is 2.20. The third-order valence-corrected chi connectivity index (χ3v) is 3.59. The summed E-state index contributed by atoms with van der Waals surface area (Å²) >= 11 is 0. The second-order valence-electron chi connectivity index (χ2n) is 4.18. The van der Waals surface area contributed by atoms with E-state index in [9.17, 15) is 26.0 Å². The van der Waals surface area contributed by atoms with Crippen LogP contribution in [0.3, 0.4) is 0 Å².